The van der Waals surface area contributed by atoms with E-state index < -0.39 is 12.1 Å². The van der Waals surface area contributed by atoms with Crippen molar-refractivity contribution < 1.29 is 8.78 Å². The van der Waals surface area contributed by atoms with E-state index in [-0.39, 0.29) is 10.8 Å². The van der Waals surface area contributed by atoms with Crippen LogP contribution in [-0.2, 0) is 0 Å². The zero-order chi connectivity index (χ0) is 15.4. The molecule has 2 aromatic heterocycles. The Morgan fingerprint density at radius 3 is 2.90 bits per heavy atom. The molecular weight excluding hydrogens is 300 g/mol. The summed E-state index contributed by atoms with van der Waals surface area (Å²) in [5.41, 5.74) is 0.511. The number of alkyl halides is 2. The molecule has 0 radical (unpaired) electrons. The van der Waals surface area contributed by atoms with Crippen LogP contribution in [0.3, 0.4) is 0 Å². The summed E-state index contributed by atoms with van der Waals surface area (Å²) in [5.74, 6) is 0.307. The average molecular weight is 308 g/mol. The maximum atomic E-state index is 12.2. The van der Waals surface area contributed by atoms with Crippen molar-refractivity contribution in [2.45, 2.75) is 6.43 Å². The lowest BCUT2D eigenvalue weighted by Crippen LogP contribution is -2.03. The van der Waals surface area contributed by atoms with Crippen LogP contribution >= 0.6 is 11.6 Å². The lowest BCUT2D eigenvalue weighted by atomic mass is 10.2. The average Bonchev–Trinajstić information content (AvgIpc) is 2.92. The Labute approximate surface area is 123 Å². The highest BCUT2D eigenvalue weighted by Crippen LogP contribution is 2.21. The topological polar surface area (TPSA) is 89.2 Å². The Bertz CT molecular complexity index is 745. The van der Waals surface area contributed by atoms with E-state index in [0.717, 1.165) is 6.08 Å². The van der Waals surface area contributed by atoms with E-state index in [9.17, 15) is 8.78 Å². The highest BCUT2D eigenvalue weighted by Gasteiger charge is 2.08. The van der Waals surface area contributed by atoms with Gasteiger partial charge in [-0.3, -0.25) is 5.41 Å². The Hall–Kier alpha value is -2.59. The van der Waals surface area contributed by atoms with Gasteiger partial charge in [-0.1, -0.05) is 11.6 Å². The molecule has 0 fully saturated rings. The van der Waals surface area contributed by atoms with Crippen LogP contribution in [0.25, 0.3) is 17.3 Å². The number of halogens is 3. The number of pyridine rings is 1. The molecule has 0 bridgehead atoms. The van der Waals surface area contributed by atoms with Crippen molar-refractivity contribution in [3.63, 3.8) is 0 Å². The molecule has 0 aromatic carbocycles. The quantitative estimate of drug-likeness (QED) is 0.671. The fourth-order valence-electron chi connectivity index (χ4n) is 1.52. The lowest BCUT2D eigenvalue weighted by molar-refractivity contribution is 0.226. The van der Waals surface area contributed by atoms with Crippen molar-refractivity contribution >= 4 is 23.4 Å². The molecule has 2 aromatic rings. The zero-order valence-corrected chi connectivity index (χ0v) is 11.2. The molecule has 0 aliphatic heterocycles. The summed E-state index contributed by atoms with van der Waals surface area (Å²) in [6, 6.07) is 4.95. The Morgan fingerprint density at radius 2 is 2.24 bits per heavy atom. The van der Waals surface area contributed by atoms with Crippen molar-refractivity contribution in [3.05, 3.63) is 41.1 Å². The van der Waals surface area contributed by atoms with Gasteiger partial charge in [0.15, 0.2) is 0 Å². The van der Waals surface area contributed by atoms with Gasteiger partial charge >= 0.3 is 0 Å². The van der Waals surface area contributed by atoms with Crippen LogP contribution in [-0.4, -0.2) is 27.1 Å². The number of allylic oxidation sites excluding steroid dienone is 1. The number of imidazole rings is 1. The van der Waals surface area contributed by atoms with Gasteiger partial charge in [0, 0.05) is 5.56 Å². The standard InChI is InChI=1S/C13H8ClF2N5/c14-11-4-7(3-8(5-17)20-11)10-6-19-12(21-10)2-1-9(18)13(15)16/h1-4,6,13,18H,(H,19,21)/b2-1-,18-9?. The molecular formula is C13H8ClF2N5. The molecule has 2 heterocycles. The molecule has 106 valence electrons. The van der Waals surface area contributed by atoms with Gasteiger partial charge < -0.3 is 4.98 Å². The highest BCUT2D eigenvalue weighted by molar-refractivity contribution is 6.29. The Balaban J connectivity index is 2.26. The van der Waals surface area contributed by atoms with Crippen molar-refractivity contribution in [1.29, 1.82) is 10.7 Å². The molecule has 0 aliphatic rings. The summed E-state index contributed by atoms with van der Waals surface area (Å²) in [6.45, 7) is 0. The molecule has 2 N–H and O–H groups in total. The van der Waals surface area contributed by atoms with Crippen LogP contribution in [0.4, 0.5) is 8.78 Å². The van der Waals surface area contributed by atoms with Gasteiger partial charge in [0.2, 0.25) is 0 Å². The minimum Gasteiger partial charge on any atom is -0.338 e. The maximum absolute atomic E-state index is 12.2. The van der Waals surface area contributed by atoms with Crippen molar-refractivity contribution in [2.75, 3.05) is 0 Å². The van der Waals surface area contributed by atoms with Gasteiger partial charge in [0.25, 0.3) is 6.43 Å². The number of aromatic nitrogens is 3. The monoisotopic (exact) mass is 307 g/mol. The first-order valence-electron chi connectivity index (χ1n) is 5.67. The van der Waals surface area contributed by atoms with Crippen LogP contribution in [0.15, 0.2) is 24.4 Å². The number of nitrogens with zero attached hydrogens (tertiary/aromatic N) is 3. The molecule has 5 nitrogen and oxygen atoms in total. The predicted molar refractivity (Wildman–Crippen MR) is 74.3 cm³/mol. The lowest BCUT2D eigenvalue weighted by Gasteiger charge is -1.99. The summed E-state index contributed by atoms with van der Waals surface area (Å²) >= 11 is 5.80. The number of nitriles is 1. The van der Waals surface area contributed by atoms with Gasteiger partial charge in [-0.05, 0) is 24.3 Å². The SMILES string of the molecule is N#Cc1cc(-c2cnc(/C=C\C(=N)C(F)F)[nH]2)cc(Cl)n1. The molecule has 0 amide bonds. The van der Waals surface area contributed by atoms with Crippen LogP contribution in [0.2, 0.25) is 5.15 Å². The number of hydrogen-bond donors (Lipinski definition) is 2. The Morgan fingerprint density at radius 1 is 1.48 bits per heavy atom. The predicted octanol–water partition coefficient (Wildman–Crippen LogP) is 3.29. The van der Waals surface area contributed by atoms with E-state index in [4.69, 9.17) is 22.3 Å². The number of hydrogen-bond acceptors (Lipinski definition) is 4. The second kappa shape index (κ2) is 6.24. The fourth-order valence-corrected chi connectivity index (χ4v) is 1.73. The first-order valence-corrected chi connectivity index (χ1v) is 6.05. The van der Waals surface area contributed by atoms with E-state index in [1.54, 1.807) is 6.07 Å². The van der Waals surface area contributed by atoms with Crippen LogP contribution in [0.5, 0.6) is 0 Å². The molecule has 0 aliphatic carbocycles. The molecule has 8 heteroatoms. The van der Waals surface area contributed by atoms with Crippen molar-refractivity contribution in [1.82, 2.24) is 15.0 Å². The fraction of sp³-hybridized carbons (Fsp3) is 0.0769. The minimum atomic E-state index is -2.83. The van der Waals surface area contributed by atoms with Gasteiger partial charge in [-0.15, -0.1) is 0 Å². The number of nitrogens with one attached hydrogen (secondary N) is 2. The van der Waals surface area contributed by atoms with E-state index >= 15 is 0 Å². The molecule has 2 rings (SSSR count). The first-order chi connectivity index (χ1) is 9.99. The molecule has 0 saturated carbocycles. The third kappa shape index (κ3) is 3.70. The number of rotatable bonds is 4. The summed E-state index contributed by atoms with van der Waals surface area (Å²) < 4.78 is 24.3. The largest absolute Gasteiger partial charge is 0.338 e. The smallest absolute Gasteiger partial charge is 0.279 e. The minimum absolute atomic E-state index is 0.156. The van der Waals surface area contributed by atoms with Crippen molar-refractivity contribution in [3.8, 4) is 17.3 Å². The normalized spacial score (nSPS) is 11.0. The summed E-state index contributed by atoms with van der Waals surface area (Å²) in [4.78, 5) is 10.7. The van der Waals surface area contributed by atoms with Crippen LogP contribution in [0, 0.1) is 16.7 Å². The van der Waals surface area contributed by atoms with E-state index in [2.05, 4.69) is 15.0 Å². The molecule has 21 heavy (non-hydrogen) atoms. The summed E-state index contributed by atoms with van der Waals surface area (Å²) in [7, 11) is 0. The van der Waals surface area contributed by atoms with Gasteiger partial charge in [0.1, 0.15) is 22.7 Å². The second-order valence-electron chi connectivity index (χ2n) is 3.95. The number of H-pyrrole nitrogens is 1. The summed E-state index contributed by atoms with van der Waals surface area (Å²) in [6.07, 6.45) is 0.880. The van der Waals surface area contributed by atoms with Crippen LogP contribution in [0.1, 0.15) is 11.5 Å². The van der Waals surface area contributed by atoms with E-state index in [0.29, 0.717) is 17.1 Å². The first kappa shape index (κ1) is 14.8. The zero-order valence-electron chi connectivity index (χ0n) is 10.4. The second-order valence-corrected chi connectivity index (χ2v) is 4.33. The molecule has 0 saturated heterocycles. The van der Waals surface area contributed by atoms with Gasteiger partial charge in [-0.2, -0.15) is 5.26 Å². The third-order valence-corrected chi connectivity index (χ3v) is 2.66. The molecule has 0 spiro atoms. The van der Waals surface area contributed by atoms with Crippen molar-refractivity contribution in [2.24, 2.45) is 0 Å². The maximum Gasteiger partial charge on any atom is 0.279 e. The summed E-state index contributed by atoms with van der Waals surface area (Å²) in [5, 5.41) is 16.0. The molecule has 0 atom stereocenters. The van der Waals surface area contributed by atoms with E-state index in [1.165, 1.54) is 18.3 Å². The van der Waals surface area contributed by atoms with Crippen LogP contribution < -0.4 is 0 Å². The number of aromatic amines is 1. The Kier molecular flexibility index (Phi) is 4.40. The van der Waals surface area contributed by atoms with E-state index in [1.807, 2.05) is 6.07 Å². The van der Waals surface area contributed by atoms with Gasteiger partial charge in [-0.25, -0.2) is 18.7 Å². The molecule has 0 unspecified atom stereocenters. The third-order valence-electron chi connectivity index (χ3n) is 2.47. The highest BCUT2D eigenvalue weighted by atomic mass is 35.5. The van der Waals surface area contributed by atoms with Gasteiger partial charge in [0.05, 0.1) is 17.6 Å².